The zero-order valence-corrected chi connectivity index (χ0v) is 53.2. The largest absolute Gasteiger partial charge is 0.417 e. The molecule has 446 valence electrons. The Labute approximate surface area is 526 Å². The van der Waals surface area contributed by atoms with Crippen molar-refractivity contribution in [3.05, 3.63) is 246 Å². The van der Waals surface area contributed by atoms with Gasteiger partial charge in [-0.25, -0.2) is 15.0 Å². The average Bonchev–Trinajstić information content (AvgIpc) is 0.775. The van der Waals surface area contributed by atoms with Crippen molar-refractivity contribution in [2.75, 3.05) is 9.80 Å². The summed E-state index contributed by atoms with van der Waals surface area (Å²) in [6.07, 6.45) is -4.77. The van der Waals surface area contributed by atoms with Gasteiger partial charge in [0.15, 0.2) is 17.5 Å². The minimum Gasteiger partial charge on any atom is -0.311 e. The van der Waals surface area contributed by atoms with Gasteiger partial charge in [-0.1, -0.05) is 223 Å². The number of nitrogens with zero attached hydrogens (tertiary/aromatic N) is 6. The molecule has 0 unspecified atom stereocenters. The molecular formula is C80H72BF3N6. The first-order valence-electron chi connectivity index (χ1n) is 31.2. The second-order valence-electron chi connectivity index (χ2n) is 28.5. The van der Waals surface area contributed by atoms with E-state index in [-0.39, 0.29) is 51.4 Å². The number of para-hydroxylation sites is 3. The molecule has 0 N–H and O–H groups in total. The molecule has 0 fully saturated rings. The van der Waals surface area contributed by atoms with Crippen LogP contribution in [0.25, 0.3) is 72.8 Å². The van der Waals surface area contributed by atoms with Crippen LogP contribution in [0.1, 0.15) is 111 Å². The fourth-order valence-corrected chi connectivity index (χ4v) is 13.4. The van der Waals surface area contributed by atoms with Crippen molar-refractivity contribution in [2.45, 2.75) is 111 Å². The molecule has 2 aliphatic heterocycles. The van der Waals surface area contributed by atoms with Gasteiger partial charge in [0.2, 0.25) is 0 Å². The Balaban J connectivity index is 1.06. The van der Waals surface area contributed by atoms with Crippen molar-refractivity contribution in [3.8, 4) is 51.0 Å². The molecule has 0 saturated carbocycles. The fraction of sp³-hybridized carbons (Fsp3) is 0.212. The number of alkyl halides is 3. The molecule has 0 radical (unpaired) electrons. The molecule has 4 heterocycles. The number of aromatic nitrogens is 4. The highest BCUT2D eigenvalue weighted by molar-refractivity contribution is 7.00. The topological polar surface area (TPSA) is 50.1 Å². The smallest absolute Gasteiger partial charge is 0.311 e. The monoisotopic (exact) mass is 1180 g/mol. The molecule has 0 spiro atoms. The maximum Gasteiger partial charge on any atom is 0.417 e. The number of benzene rings is 10. The lowest BCUT2D eigenvalue weighted by molar-refractivity contribution is -0.137. The van der Waals surface area contributed by atoms with Crippen LogP contribution < -0.4 is 26.2 Å². The van der Waals surface area contributed by atoms with E-state index in [0.29, 0.717) is 16.8 Å². The molecule has 6 nitrogen and oxygen atoms in total. The van der Waals surface area contributed by atoms with E-state index < -0.39 is 11.7 Å². The number of anilines is 6. The Bertz CT molecular complexity index is 4560. The lowest BCUT2D eigenvalue weighted by atomic mass is 9.33. The summed E-state index contributed by atoms with van der Waals surface area (Å²) in [6.45, 7) is 27.5. The van der Waals surface area contributed by atoms with Gasteiger partial charge in [0.25, 0.3) is 6.71 Å². The van der Waals surface area contributed by atoms with E-state index in [4.69, 9.17) is 15.0 Å². The van der Waals surface area contributed by atoms with Crippen molar-refractivity contribution >= 4 is 79.0 Å². The van der Waals surface area contributed by atoms with Gasteiger partial charge < -0.3 is 14.4 Å². The highest BCUT2D eigenvalue weighted by Gasteiger charge is 2.45. The molecule has 2 aliphatic rings. The summed E-state index contributed by atoms with van der Waals surface area (Å²) in [6, 6.07) is 74.5. The highest BCUT2D eigenvalue weighted by Crippen LogP contribution is 2.50. The summed E-state index contributed by atoms with van der Waals surface area (Å²) in [4.78, 5) is 19.8. The number of rotatable bonds is 7. The molecule has 0 atom stereocenters. The van der Waals surface area contributed by atoms with Gasteiger partial charge in [0, 0.05) is 56.0 Å². The Morgan fingerprint density at radius 2 is 0.756 bits per heavy atom. The van der Waals surface area contributed by atoms with Crippen LogP contribution in [-0.2, 0) is 27.8 Å². The standard InChI is InChI=1S/C80H72BF3N6/c1-76(2,3)53-43-54(77(4,5)6)46-57(45-53)88-66-35-23-20-32-62(66)81-63-33-21-24-36-67(63)89(58-47-55(78(7,8)9)44-56(48-58)79(10,11)12)70-42-52(41-69(88)72(70)81)51-38-39-65-60(40-51)59-30-19-22-34-64(59)90(65)68-37-25-31-61(80(82,83)84)71(68)75-86-73(49-26-15-13-16-27-49)85-74(87-75)50-28-17-14-18-29-50/h13-48H,1-12H3. The Hall–Kier alpha value is -9.54. The molecule has 2 aromatic heterocycles. The van der Waals surface area contributed by atoms with E-state index in [9.17, 15) is 0 Å². The Morgan fingerprint density at radius 1 is 0.333 bits per heavy atom. The molecule has 0 bridgehead atoms. The minimum atomic E-state index is -4.77. The summed E-state index contributed by atoms with van der Waals surface area (Å²) in [5, 5.41) is 1.77. The molecule has 12 aromatic rings. The Morgan fingerprint density at radius 3 is 1.23 bits per heavy atom. The predicted octanol–water partition coefficient (Wildman–Crippen LogP) is 19.9. The van der Waals surface area contributed by atoms with Crippen LogP contribution in [0.2, 0.25) is 0 Å². The highest BCUT2D eigenvalue weighted by atomic mass is 19.4. The first kappa shape index (κ1) is 58.2. The van der Waals surface area contributed by atoms with Crippen LogP contribution in [0.15, 0.2) is 218 Å². The van der Waals surface area contributed by atoms with Crippen molar-refractivity contribution in [2.24, 2.45) is 0 Å². The van der Waals surface area contributed by atoms with Crippen LogP contribution in [0, 0.1) is 0 Å². The van der Waals surface area contributed by atoms with Crippen LogP contribution in [0.3, 0.4) is 0 Å². The normalized spacial score (nSPS) is 13.4. The summed E-state index contributed by atoms with van der Waals surface area (Å²) in [5.74, 6) is 0.445. The fourth-order valence-electron chi connectivity index (χ4n) is 13.4. The quantitative estimate of drug-likeness (QED) is 0.149. The Kier molecular flexibility index (Phi) is 13.6. The average molecular weight is 1190 g/mol. The van der Waals surface area contributed by atoms with Gasteiger partial charge in [0.05, 0.1) is 27.8 Å². The first-order valence-corrected chi connectivity index (χ1v) is 31.2. The van der Waals surface area contributed by atoms with Gasteiger partial charge in [-0.15, -0.1) is 0 Å². The van der Waals surface area contributed by atoms with Crippen LogP contribution in [-0.4, -0.2) is 26.2 Å². The van der Waals surface area contributed by atoms with E-state index in [1.165, 1.54) is 44.7 Å². The van der Waals surface area contributed by atoms with Crippen molar-refractivity contribution in [1.82, 2.24) is 19.5 Å². The zero-order valence-electron chi connectivity index (χ0n) is 53.2. The second kappa shape index (κ2) is 21.0. The minimum absolute atomic E-state index is 0.0860. The van der Waals surface area contributed by atoms with Crippen LogP contribution in [0.4, 0.5) is 47.3 Å². The molecule has 0 saturated heterocycles. The van der Waals surface area contributed by atoms with Gasteiger partial charge >= 0.3 is 6.18 Å². The van der Waals surface area contributed by atoms with E-state index in [1.807, 2.05) is 83.4 Å². The molecule has 0 amide bonds. The summed E-state index contributed by atoms with van der Waals surface area (Å²) in [5.41, 5.74) is 18.7. The molecular weight excluding hydrogens is 1110 g/mol. The number of hydrogen-bond acceptors (Lipinski definition) is 5. The summed E-state index contributed by atoms with van der Waals surface area (Å²) in [7, 11) is 0. The second-order valence-corrected chi connectivity index (χ2v) is 28.5. The molecule has 0 aliphatic carbocycles. The lowest BCUT2D eigenvalue weighted by Gasteiger charge is -2.45. The van der Waals surface area contributed by atoms with E-state index in [2.05, 4.69) is 214 Å². The first-order chi connectivity index (χ1) is 42.8. The molecule has 10 heteroatoms. The predicted molar refractivity (Wildman–Crippen MR) is 370 cm³/mol. The van der Waals surface area contributed by atoms with E-state index in [0.717, 1.165) is 73.1 Å². The van der Waals surface area contributed by atoms with E-state index in [1.54, 1.807) is 6.07 Å². The third-order valence-corrected chi connectivity index (χ3v) is 18.2. The SMILES string of the molecule is CC(C)(C)c1cc(N2c3ccccc3B3c4ccccc4N(c4cc(C(C)(C)C)cc(C(C)(C)C)c4)c4cc(-c5ccc6c(c5)c5ccccc5n6-c5cccc(C(F)(F)F)c5-c5nc(-c6ccccc6)nc(-c6ccccc6)n5)cc2c43)cc(C(C)(C)C)c1. The van der Waals surface area contributed by atoms with Gasteiger partial charge in [-0.2, -0.15) is 13.2 Å². The maximum atomic E-state index is 15.9. The van der Waals surface area contributed by atoms with Crippen LogP contribution >= 0.6 is 0 Å². The third kappa shape index (κ3) is 10.0. The van der Waals surface area contributed by atoms with Crippen molar-refractivity contribution < 1.29 is 13.2 Å². The van der Waals surface area contributed by atoms with E-state index >= 15 is 13.2 Å². The number of halogens is 3. The molecule has 14 rings (SSSR count). The van der Waals surface area contributed by atoms with Gasteiger partial charge in [-0.3, -0.25) is 0 Å². The molecule has 90 heavy (non-hydrogen) atoms. The number of fused-ring (bicyclic) bond motifs is 7. The van der Waals surface area contributed by atoms with Crippen LogP contribution in [0.5, 0.6) is 0 Å². The number of hydrogen-bond donors (Lipinski definition) is 0. The summed E-state index contributed by atoms with van der Waals surface area (Å²) >= 11 is 0. The third-order valence-electron chi connectivity index (χ3n) is 18.2. The van der Waals surface area contributed by atoms with Gasteiger partial charge in [0.1, 0.15) is 0 Å². The van der Waals surface area contributed by atoms with Crippen molar-refractivity contribution in [1.29, 1.82) is 0 Å². The molecule has 10 aromatic carbocycles. The summed E-state index contributed by atoms with van der Waals surface area (Å²) < 4.78 is 49.7. The van der Waals surface area contributed by atoms with Gasteiger partial charge in [-0.05, 0) is 150 Å². The lowest BCUT2D eigenvalue weighted by Crippen LogP contribution is -2.61. The zero-order chi connectivity index (χ0) is 63.0. The van der Waals surface area contributed by atoms with Crippen molar-refractivity contribution in [3.63, 3.8) is 0 Å². The maximum absolute atomic E-state index is 15.9.